The molecule has 0 fully saturated rings. The average Bonchev–Trinajstić information content (AvgIpc) is 2.64. The van der Waals surface area contributed by atoms with Crippen LogP contribution in [0.2, 0.25) is 0 Å². The summed E-state index contributed by atoms with van der Waals surface area (Å²) in [5.41, 5.74) is 0. The van der Waals surface area contributed by atoms with Gasteiger partial charge in [0.05, 0.1) is 19.8 Å². The van der Waals surface area contributed by atoms with Gasteiger partial charge in [0.1, 0.15) is 13.2 Å². The van der Waals surface area contributed by atoms with E-state index in [9.17, 15) is 14.4 Å². The first-order valence-corrected chi connectivity index (χ1v) is 8.28. The van der Waals surface area contributed by atoms with Gasteiger partial charge in [0, 0.05) is 39.1 Å². The molecule has 0 saturated carbocycles. The zero-order chi connectivity index (χ0) is 20.3. The van der Waals surface area contributed by atoms with E-state index in [1.807, 2.05) is 0 Å². The van der Waals surface area contributed by atoms with Crippen LogP contribution < -0.4 is 0 Å². The molecule has 0 amide bonds. The lowest BCUT2D eigenvalue weighted by atomic mass is 10.4. The van der Waals surface area contributed by atoms with Crippen molar-refractivity contribution >= 4 is 18.5 Å². The first-order valence-electron chi connectivity index (χ1n) is 8.28. The summed E-state index contributed by atoms with van der Waals surface area (Å²) in [5.74, 6) is 0. The third-order valence-electron chi connectivity index (χ3n) is 2.60. The number of ether oxygens (including phenoxy) is 6. The van der Waals surface area contributed by atoms with Crippen LogP contribution >= 0.6 is 0 Å². The Morgan fingerprint density at radius 1 is 0.593 bits per heavy atom. The van der Waals surface area contributed by atoms with Crippen LogP contribution in [0.5, 0.6) is 0 Å². The second kappa shape index (κ2) is 17.1. The van der Waals surface area contributed by atoms with Crippen LogP contribution in [-0.4, -0.2) is 92.7 Å². The minimum atomic E-state index is -1.19. The minimum Gasteiger partial charge on any atom is -0.434 e. The minimum absolute atomic E-state index is 0.0578. The zero-order valence-corrected chi connectivity index (χ0v) is 14.9. The van der Waals surface area contributed by atoms with E-state index in [1.165, 1.54) is 0 Å². The average molecular weight is 398 g/mol. The van der Waals surface area contributed by atoms with Crippen LogP contribution in [0.25, 0.3) is 0 Å². The Kier molecular flexibility index (Phi) is 15.7. The fraction of sp³-hybridized carbons (Fsp3) is 0.800. The van der Waals surface area contributed by atoms with Gasteiger partial charge in [-0.3, -0.25) is 0 Å². The summed E-state index contributed by atoms with van der Waals surface area (Å²) in [7, 11) is 0. The number of aliphatic hydroxyl groups is 3. The van der Waals surface area contributed by atoms with E-state index in [4.69, 9.17) is 29.5 Å². The van der Waals surface area contributed by atoms with Gasteiger partial charge in [0.2, 0.25) is 0 Å². The monoisotopic (exact) mass is 398 g/mol. The molecule has 0 spiro atoms. The summed E-state index contributed by atoms with van der Waals surface area (Å²) < 4.78 is 28.2. The van der Waals surface area contributed by atoms with Crippen LogP contribution in [0, 0.1) is 0 Å². The maximum absolute atomic E-state index is 11.5. The van der Waals surface area contributed by atoms with Crippen LogP contribution in [0.3, 0.4) is 0 Å². The molecule has 12 heteroatoms. The Bertz CT molecular complexity index is 388. The number of carbonyl (C=O) groups excluding carboxylic acids is 3. The van der Waals surface area contributed by atoms with Crippen molar-refractivity contribution in [2.75, 3.05) is 52.9 Å². The van der Waals surface area contributed by atoms with Gasteiger partial charge in [-0.05, 0) is 0 Å². The molecule has 0 aromatic rings. The molecule has 158 valence electrons. The molecule has 0 unspecified atom stereocenters. The Labute approximate surface area is 155 Å². The normalized spacial score (nSPS) is 10.2. The summed E-state index contributed by atoms with van der Waals surface area (Å²) in [5, 5.41) is 25.8. The SMILES string of the molecule is O=C(OCCCO)OCC(COC(=O)OCCCO)OC(=O)OCCCO. The van der Waals surface area contributed by atoms with Crippen molar-refractivity contribution in [3.05, 3.63) is 0 Å². The summed E-state index contributed by atoms with van der Waals surface area (Å²) >= 11 is 0. The first-order chi connectivity index (χ1) is 13.0. The standard InChI is InChI=1S/C15H26O12/c16-4-1-7-22-13(19)25-10-12(27-15(21)24-9-3-6-18)11-26-14(20)23-8-2-5-17/h12,16-18H,1-11H2. The Morgan fingerprint density at radius 2 is 0.963 bits per heavy atom. The van der Waals surface area contributed by atoms with Gasteiger partial charge in [-0.25, -0.2) is 14.4 Å². The number of hydrogen-bond donors (Lipinski definition) is 3. The predicted molar refractivity (Wildman–Crippen MR) is 85.9 cm³/mol. The van der Waals surface area contributed by atoms with E-state index in [2.05, 4.69) is 14.2 Å². The van der Waals surface area contributed by atoms with Gasteiger partial charge >= 0.3 is 18.5 Å². The first kappa shape index (κ1) is 24.7. The van der Waals surface area contributed by atoms with Gasteiger partial charge < -0.3 is 43.7 Å². The van der Waals surface area contributed by atoms with Crippen molar-refractivity contribution in [1.29, 1.82) is 0 Å². The van der Waals surface area contributed by atoms with Crippen molar-refractivity contribution in [2.24, 2.45) is 0 Å². The molecule has 0 rings (SSSR count). The van der Waals surface area contributed by atoms with Crippen LogP contribution in [0.15, 0.2) is 0 Å². The Balaban J connectivity index is 4.36. The fourth-order valence-corrected chi connectivity index (χ4v) is 1.35. The van der Waals surface area contributed by atoms with Crippen LogP contribution in [-0.2, 0) is 28.4 Å². The lowest BCUT2D eigenvalue weighted by Crippen LogP contribution is -2.31. The second-order valence-electron chi connectivity index (χ2n) is 4.89. The maximum Gasteiger partial charge on any atom is 0.508 e. The number of carbonyl (C=O) groups is 3. The highest BCUT2D eigenvalue weighted by Gasteiger charge is 2.21. The predicted octanol–water partition coefficient (Wildman–Crippen LogP) is -0.0382. The van der Waals surface area contributed by atoms with E-state index in [0.29, 0.717) is 0 Å². The topological polar surface area (TPSA) is 167 Å². The molecule has 3 N–H and O–H groups in total. The zero-order valence-electron chi connectivity index (χ0n) is 14.9. The van der Waals surface area contributed by atoms with Crippen molar-refractivity contribution in [3.63, 3.8) is 0 Å². The van der Waals surface area contributed by atoms with Gasteiger partial charge in [-0.15, -0.1) is 0 Å². The largest absolute Gasteiger partial charge is 0.508 e. The molecule has 0 aliphatic rings. The van der Waals surface area contributed by atoms with Crippen molar-refractivity contribution in [1.82, 2.24) is 0 Å². The van der Waals surface area contributed by atoms with E-state index in [-0.39, 0.29) is 58.9 Å². The molecule has 0 aliphatic heterocycles. The highest BCUT2D eigenvalue weighted by molar-refractivity contribution is 5.61. The second-order valence-corrected chi connectivity index (χ2v) is 4.89. The molecule has 12 nitrogen and oxygen atoms in total. The maximum atomic E-state index is 11.5. The third-order valence-corrected chi connectivity index (χ3v) is 2.60. The summed E-state index contributed by atoms with van der Waals surface area (Å²) in [6.07, 6.45) is -3.75. The summed E-state index contributed by atoms with van der Waals surface area (Å²) in [4.78, 5) is 34.2. The van der Waals surface area contributed by atoms with Gasteiger partial charge in [-0.2, -0.15) is 0 Å². The summed E-state index contributed by atoms with van der Waals surface area (Å²) in [6.45, 7) is -1.68. The van der Waals surface area contributed by atoms with E-state index >= 15 is 0 Å². The number of hydrogen-bond acceptors (Lipinski definition) is 12. The Hall–Kier alpha value is -2.31. The van der Waals surface area contributed by atoms with Crippen molar-refractivity contribution in [2.45, 2.75) is 25.4 Å². The molecule has 27 heavy (non-hydrogen) atoms. The molecule has 0 atom stereocenters. The van der Waals surface area contributed by atoms with E-state index in [0.717, 1.165) is 0 Å². The fourth-order valence-electron chi connectivity index (χ4n) is 1.35. The number of aliphatic hydroxyl groups excluding tert-OH is 3. The lowest BCUT2D eigenvalue weighted by Gasteiger charge is -2.17. The molecule has 0 aliphatic carbocycles. The number of rotatable bonds is 14. The molecule has 0 bridgehead atoms. The Morgan fingerprint density at radius 3 is 1.33 bits per heavy atom. The highest BCUT2D eigenvalue weighted by Crippen LogP contribution is 2.02. The van der Waals surface area contributed by atoms with Crippen molar-refractivity contribution in [3.8, 4) is 0 Å². The van der Waals surface area contributed by atoms with Crippen LogP contribution in [0.4, 0.5) is 14.4 Å². The molecule has 0 aromatic carbocycles. The quantitative estimate of drug-likeness (QED) is 0.203. The molecule has 0 radical (unpaired) electrons. The highest BCUT2D eigenvalue weighted by atomic mass is 16.8. The smallest absolute Gasteiger partial charge is 0.434 e. The summed E-state index contributed by atoms with van der Waals surface area (Å²) in [6, 6.07) is 0. The third kappa shape index (κ3) is 15.6. The lowest BCUT2D eigenvalue weighted by molar-refractivity contribution is -0.0465. The molecule has 0 saturated heterocycles. The van der Waals surface area contributed by atoms with Gasteiger partial charge in [-0.1, -0.05) is 0 Å². The van der Waals surface area contributed by atoms with E-state index < -0.39 is 37.8 Å². The molecule has 0 heterocycles. The molecular weight excluding hydrogens is 372 g/mol. The van der Waals surface area contributed by atoms with E-state index in [1.54, 1.807) is 0 Å². The van der Waals surface area contributed by atoms with Crippen LogP contribution in [0.1, 0.15) is 19.3 Å². The van der Waals surface area contributed by atoms with Gasteiger partial charge in [0.15, 0.2) is 6.10 Å². The molecular formula is C15H26O12. The van der Waals surface area contributed by atoms with Crippen molar-refractivity contribution < 1.29 is 58.1 Å². The molecule has 0 aromatic heterocycles. The van der Waals surface area contributed by atoms with Gasteiger partial charge in [0.25, 0.3) is 0 Å².